The van der Waals surface area contributed by atoms with Crippen LogP contribution in [-0.4, -0.2) is 23.1 Å². The molecular weight excluding hydrogens is 334 g/mol. The molecule has 1 amide bonds. The lowest BCUT2D eigenvalue weighted by Gasteiger charge is -2.33. The highest BCUT2D eigenvalue weighted by molar-refractivity contribution is 5.70. The second-order valence-corrected chi connectivity index (χ2v) is 7.29. The third-order valence-electron chi connectivity index (χ3n) is 5.38. The summed E-state index contributed by atoms with van der Waals surface area (Å²) >= 11 is 0. The fourth-order valence-electron chi connectivity index (χ4n) is 4.06. The Hall–Kier alpha value is -2.81. The Morgan fingerprint density at radius 1 is 1.04 bits per heavy atom. The second kappa shape index (κ2) is 8.26. The van der Waals surface area contributed by atoms with Crippen LogP contribution in [0, 0.1) is 0 Å². The standard InChI is InChI=1S/C24H25NO2/c26-24(27-18-20-10-5-2-6-11-20)25-22-14-15-23(25)17-21(16-22)13-7-12-19-8-3-1-4-9-19/h1-12,16,22-23H,13-15,17-18H2/b12-7+. The highest BCUT2D eigenvalue weighted by atomic mass is 16.6. The monoisotopic (exact) mass is 359 g/mol. The summed E-state index contributed by atoms with van der Waals surface area (Å²) in [5, 5.41) is 0. The summed E-state index contributed by atoms with van der Waals surface area (Å²) < 4.78 is 5.57. The number of hydrogen-bond acceptors (Lipinski definition) is 2. The molecule has 3 heteroatoms. The predicted molar refractivity (Wildman–Crippen MR) is 108 cm³/mol. The minimum Gasteiger partial charge on any atom is -0.445 e. The van der Waals surface area contributed by atoms with Crippen molar-refractivity contribution in [1.82, 2.24) is 4.90 Å². The van der Waals surface area contributed by atoms with E-state index in [1.54, 1.807) is 0 Å². The summed E-state index contributed by atoms with van der Waals surface area (Å²) in [5.74, 6) is 0. The predicted octanol–water partition coefficient (Wildman–Crippen LogP) is 5.59. The van der Waals surface area contributed by atoms with Crippen LogP contribution in [0.15, 0.2) is 78.4 Å². The van der Waals surface area contributed by atoms with Gasteiger partial charge in [-0.05, 0) is 36.8 Å². The number of ether oxygens (including phenoxy) is 1. The van der Waals surface area contributed by atoms with Crippen molar-refractivity contribution in [2.24, 2.45) is 0 Å². The van der Waals surface area contributed by atoms with Crippen LogP contribution >= 0.6 is 0 Å². The van der Waals surface area contributed by atoms with Gasteiger partial charge in [0.05, 0.1) is 6.04 Å². The Morgan fingerprint density at radius 3 is 2.52 bits per heavy atom. The van der Waals surface area contributed by atoms with Crippen molar-refractivity contribution in [3.63, 3.8) is 0 Å². The molecule has 27 heavy (non-hydrogen) atoms. The van der Waals surface area contributed by atoms with Crippen LogP contribution in [0.2, 0.25) is 0 Å². The van der Waals surface area contributed by atoms with E-state index >= 15 is 0 Å². The molecule has 0 saturated carbocycles. The molecular formula is C24H25NO2. The molecule has 0 N–H and O–H groups in total. The first-order chi connectivity index (χ1) is 13.3. The van der Waals surface area contributed by atoms with E-state index in [-0.39, 0.29) is 18.2 Å². The first kappa shape index (κ1) is 17.6. The Labute approximate surface area is 161 Å². The maximum Gasteiger partial charge on any atom is 0.410 e. The Morgan fingerprint density at radius 2 is 1.78 bits per heavy atom. The van der Waals surface area contributed by atoms with E-state index < -0.39 is 0 Å². The fourth-order valence-corrected chi connectivity index (χ4v) is 4.06. The van der Waals surface area contributed by atoms with Gasteiger partial charge in [-0.2, -0.15) is 0 Å². The molecule has 4 rings (SSSR count). The van der Waals surface area contributed by atoms with Crippen molar-refractivity contribution in [2.45, 2.75) is 44.4 Å². The average molecular weight is 359 g/mol. The highest BCUT2D eigenvalue weighted by Crippen LogP contribution is 2.36. The number of hydrogen-bond donors (Lipinski definition) is 0. The summed E-state index contributed by atoms with van der Waals surface area (Å²) in [6.45, 7) is 0.339. The number of amides is 1. The third kappa shape index (κ3) is 4.30. The normalized spacial score (nSPS) is 21.3. The molecule has 0 aliphatic carbocycles. The number of rotatable bonds is 5. The SMILES string of the molecule is O=C(OCc1ccccc1)N1C2C=C(C/C=C/c3ccccc3)CC1CC2. The van der Waals surface area contributed by atoms with E-state index in [1.165, 1.54) is 11.1 Å². The van der Waals surface area contributed by atoms with Crippen LogP contribution < -0.4 is 0 Å². The molecule has 1 saturated heterocycles. The van der Waals surface area contributed by atoms with Crippen LogP contribution in [-0.2, 0) is 11.3 Å². The van der Waals surface area contributed by atoms with Gasteiger partial charge < -0.3 is 4.74 Å². The van der Waals surface area contributed by atoms with E-state index in [1.807, 2.05) is 41.3 Å². The molecule has 2 unspecified atom stereocenters. The molecule has 2 atom stereocenters. The topological polar surface area (TPSA) is 29.5 Å². The molecule has 1 fully saturated rings. The smallest absolute Gasteiger partial charge is 0.410 e. The number of carbonyl (C=O) groups excluding carboxylic acids is 1. The molecule has 3 nitrogen and oxygen atoms in total. The highest BCUT2D eigenvalue weighted by Gasteiger charge is 2.40. The summed E-state index contributed by atoms with van der Waals surface area (Å²) in [6.07, 6.45) is 10.5. The van der Waals surface area contributed by atoms with Gasteiger partial charge in [0.2, 0.25) is 0 Å². The van der Waals surface area contributed by atoms with Crippen molar-refractivity contribution in [3.8, 4) is 0 Å². The van der Waals surface area contributed by atoms with Crippen LogP contribution in [0.3, 0.4) is 0 Å². The van der Waals surface area contributed by atoms with Gasteiger partial charge in [0.1, 0.15) is 6.61 Å². The Kier molecular flexibility index (Phi) is 5.38. The number of fused-ring (bicyclic) bond motifs is 2. The van der Waals surface area contributed by atoms with Crippen LogP contribution in [0.25, 0.3) is 6.08 Å². The molecule has 0 radical (unpaired) electrons. The molecule has 2 aromatic carbocycles. The van der Waals surface area contributed by atoms with Crippen LogP contribution in [0.5, 0.6) is 0 Å². The van der Waals surface area contributed by atoms with Crippen LogP contribution in [0.4, 0.5) is 4.79 Å². The van der Waals surface area contributed by atoms with Gasteiger partial charge in [-0.25, -0.2) is 4.79 Å². The quantitative estimate of drug-likeness (QED) is 0.651. The molecule has 0 aromatic heterocycles. The summed E-state index contributed by atoms with van der Waals surface area (Å²) in [4.78, 5) is 14.6. The van der Waals surface area contributed by atoms with Gasteiger partial charge >= 0.3 is 6.09 Å². The molecule has 2 bridgehead atoms. The lowest BCUT2D eigenvalue weighted by Crippen LogP contribution is -2.43. The van der Waals surface area contributed by atoms with Gasteiger partial charge in [-0.1, -0.05) is 84.5 Å². The third-order valence-corrected chi connectivity index (χ3v) is 5.38. The zero-order valence-electron chi connectivity index (χ0n) is 15.5. The van der Waals surface area contributed by atoms with Crippen molar-refractivity contribution >= 4 is 12.2 Å². The van der Waals surface area contributed by atoms with Crippen molar-refractivity contribution in [2.75, 3.05) is 0 Å². The van der Waals surface area contributed by atoms with Crippen molar-refractivity contribution < 1.29 is 9.53 Å². The lowest BCUT2D eigenvalue weighted by molar-refractivity contribution is 0.0816. The molecule has 2 aliphatic heterocycles. The Balaban J connectivity index is 1.34. The average Bonchev–Trinajstić information content (AvgIpc) is 2.98. The maximum absolute atomic E-state index is 12.6. The van der Waals surface area contributed by atoms with Gasteiger partial charge in [0.15, 0.2) is 0 Å². The zero-order valence-corrected chi connectivity index (χ0v) is 15.5. The summed E-state index contributed by atoms with van der Waals surface area (Å²) in [6, 6.07) is 20.7. The summed E-state index contributed by atoms with van der Waals surface area (Å²) in [7, 11) is 0. The first-order valence-corrected chi connectivity index (χ1v) is 9.70. The zero-order chi connectivity index (χ0) is 18.5. The largest absolute Gasteiger partial charge is 0.445 e. The molecule has 2 aliphatic rings. The van der Waals surface area contributed by atoms with Gasteiger partial charge in [-0.3, -0.25) is 4.90 Å². The van der Waals surface area contributed by atoms with Gasteiger partial charge in [0.25, 0.3) is 0 Å². The second-order valence-electron chi connectivity index (χ2n) is 7.29. The van der Waals surface area contributed by atoms with Crippen molar-refractivity contribution in [3.05, 3.63) is 89.5 Å². The summed E-state index contributed by atoms with van der Waals surface area (Å²) in [5.41, 5.74) is 3.68. The van der Waals surface area contributed by atoms with Gasteiger partial charge in [0, 0.05) is 6.04 Å². The molecule has 2 aromatic rings. The lowest BCUT2D eigenvalue weighted by atomic mass is 9.98. The number of nitrogens with zero attached hydrogens (tertiary/aromatic N) is 1. The van der Waals surface area contributed by atoms with E-state index in [2.05, 4.69) is 42.5 Å². The van der Waals surface area contributed by atoms with E-state index in [9.17, 15) is 4.79 Å². The van der Waals surface area contributed by atoms with Crippen molar-refractivity contribution in [1.29, 1.82) is 0 Å². The first-order valence-electron chi connectivity index (χ1n) is 9.70. The molecule has 2 heterocycles. The van der Waals surface area contributed by atoms with Gasteiger partial charge in [-0.15, -0.1) is 0 Å². The number of carbonyl (C=O) groups is 1. The number of allylic oxidation sites excluding steroid dienone is 1. The van der Waals surface area contributed by atoms with E-state index in [4.69, 9.17) is 4.74 Å². The number of benzene rings is 2. The maximum atomic E-state index is 12.6. The fraction of sp³-hybridized carbons (Fsp3) is 0.292. The Bertz CT molecular complexity index is 826. The minimum absolute atomic E-state index is 0.179. The van der Waals surface area contributed by atoms with E-state index in [0.29, 0.717) is 6.61 Å². The minimum atomic E-state index is -0.179. The van der Waals surface area contributed by atoms with E-state index in [0.717, 1.165) is 31.2 Å². The molecule has 138 valence electrons. The molecule has 0 spiro atoms. The van der Waals surface area contributed by atoms with Crippen LogP contribution in [0.1, 0.15) is 36.8 Å².